The lowest BCUT2D eigenvalue weighted by Crippen LogP contribution is -2.48. The van der Waals surface area contributed by atoms with Crippen LogP contribution in [-0.4, -0.2) is 48.1 Å². The molecule has 0 aromatic heterocycles. The van der Waals surface area contributed by atoms with Crippen molar-refractivity contribution >= 4 is 38.7 Å². The fourth-order valence-corrected chi connectivity index (χ4v) is 3.97. The van der Waals surface area contributed by atoms with Crippen LogP contribution in [0.25, 0.3) is 0 Å². The Morgan fingerprint density at radius 3 is 1.95 bits per heavy atom. The second-order valence-corrected chi connectivity index (χ2v) is 7.26. The van der Waals surface area contributed by atoms with E-state index < -0.39 is 27.5 Å². The highest BCUT2D eigenvalue weighted by Crippen LogP contribution is 2.19. The quantitative estimate of drug-likeness (QED) is 0.415. The first-order chi connectivity index (χ1) is 9.15. The standard InChI is InChI=1S/C8H14BN3O6S2/c1-10-19(15,16)12(20(17,18)11-2)8-5-3-4-7(6-8)9(13)14/h3-6,10-11,13-14H,1-2H3. The topological polar surface area (TPSA) is 136 Å². The van der Waals surface area contributed by atoms with E-state index in [0.29, 0.717) is 0 Å². The van der Waals surface area contributed by atoms with Gasteiger partial charge < -0.3 is 10.0 Å². The molecule has 1 aromatic carbocycles. The Kier molecular flexibility index (Phi) is 5.12. The van der Waals surface area contributed by atoms with Crippen molar-refractivity contribution in [2.45, 2.75) is 0 Å². The zero-order valence-electron chi connectivity index (χ0n) is 10.7. The average Bonchev–Trinajstić information content (AvgIpc) is 2.38. The molecule has 0 aliphatic carbocycles. The molecular formula is C8H14BN3O6S2. The molecule has 1 aromatic rings. The second-order valence-electron chi connectivity index (χ2n) is 3.58. The van der Waals surface area contributed by atoms with Crippen LogP contribution >= 0.6 is 0 Å². The maximum atomic E-state index is 11.9. The summed E-state index contributed by atoms with van der Waals surface area (Å²) in [6, 6.07) is 4.85. The molecule has 0 bridgehead atoms. The minimum Gasteiger partial charge on any atom is -0.423 e. The summed E-state index contributed by atoms with van der Waals surface area (Å²) in [5, 5.41) is 18.1. The number of rotatable bonds is 6. The summed E-state index contributed by atoms with van der Waals surface area (Å²) >= 11 is 0. The van der Waals surface area contributed by atoms with Crippen molar-refractivity contribution in [1.29, 1.82) is 0 Å². The Morgan fingerprint density at radius 1 is 1.05 bits per heavy atom. The Labute approximate surface area is 117 Å². The molecule has 9 nitrogen and oxygen atoms in total. The van der Waals surface area contributed by atoms with E-state index in [0.717, 1.165) is 20.2 Å². The number of nitrogens with one attached hydrogen (secondary N) is 2. The van der Waals surface area contributed by atoms with E-state index in [9.17, 15) is 16.8 Å². The second kappa shape index (κ2) is 6.07. The van der Waals surface area contributed by atoms with Gasteiger partial charge in [-0.3, -0.25) is 0 Å². The molecule has 0 fully saturated rings. The predicted octanol–water partition coefficient (Wildman–Crippen LogP) is -2.90. The van der Waals surface area contributed by atoms with Gasteiger partial charge in [-0.05, 0) is 17.6 Å². The summed E-state index contributed by atoms with van der Waals surface area (Å²) in [6.07, 6.45) is 0. The van der Waals surface area contributed by atoms with Crippen molar-refractivity contribution in [2.24, 2.45) is 0 Å². The highest BCUT2D eigenvalue weighted by molar-refractivity contribution is 8.08. The lowest BCUT2D eigenvalue weighted by atomic mass is 9.80. The fourth-order valence-electron chi connectivity index (χ4n) is 1.37. The van der Waals surface area contributed by atoms with E-state index in [4.69, 9.17) is 10.0 Å². The number of anilines is 1. The average molecular weight is 323 g/mol. The molecule has 0 aliphatic heterocycles. The summed E-state index contributed by atoms with van der Waals surface area (Å²) in [6.45, 7) is 0. The van der Waals surface area contributed by atoms with Crippen LogP contribution in [-0.2, 0) is 20.4 Å². The number of hydrogen-bond donors (Lipinski definition) is 4. The van der Waals surface area contributed by atoms with Crippen LogP contribution in [0.1, 0.15) is 0 Å². The van der Waals surface area contributed by atoms with E-state index >= 15 is 0 Å². The van der Waals surface area contributed by atoms with Crippen LogP contribution in [0.2, 0.25) is 0 Å². The van der Waals surface area contributed by atoms with E-state index in [-0.39, 0.29) is 14.9 Å². The van der Waals surface area contributed by atoms with Crippen molar-refractivity contribution in [1.82, 2.24) is 9.44 Å². The first kappa shape index (κ1) is 16.9. The molecule has 0 saturated heterocycles. The highest BCUT2D eigenvalue weighted by Gasteiger charge is 2.32. The third-order valence-electron chi connectivity index (χ3n) is 2.33. The summed E-state index contributed by atoms with van der Waals surface area (Å²) in [4.78, 5) is 0. The van der Waals surface area contributed by atoms with Gasteiger partial charge in [0.2, 0.25) is 0 Å². The minimum atomic E-state index is -4.36. The van der Waals surface area contributed by atoms with Crippen LogP contribution in [0.5, 0.6) is 0 Å². The van der Waals surface area contributed by atoms with Crippen molar-refractivity contribution in [3.8, 4) is 0 Å². The molecule has 0 saturated carbocycles. The molecule has 0 atom stereocenters. The van der Waals surface area contributed by atoms with Crippen LogP contribution in [0, 0.1) is 0 Å². The zero-order chi connectivity index (χ0) is 15.6. The first-order valence-electron chi connectivity index (χ1n) is 5.29. The molecule has 1 rings (SSSR count). The summed E-state index contributed by atoms with van der Waals surface area (Å²) < 4.78 is 51.3. The van der Waals surface area contributed by atoms with Crippen LogP contribution in [0.4, 0.5) is 5.69 Å². The van der Waals surface area contributed by atoms with Crippen LogP contribution in [0.3, 0.4) is 0 Å². The third kappa shape index (κ3) is 3.47. The van der Waals surface area contributed by atoms with Crippen molar-refractivity contribution in [3.05, 3.63) is 24.3 Å². The smallest absolute Gasteiger partial charge is 0.423 e. The monoisotopic (exact) mass is 323 g/mol. The van der Waals surface area contributed by atoms with Crippen molar-refractivity contribution in [2.75, 3.05) is 17.8 Å². The van der Waals surface area contributed by atoms with Gasteiger partial charge in [-0.1, -0.05) is 12.1 Å². The van der Waals surface area contributed by atoms with E-state index in [1.54, 1.807) is 0 Å². The molecule has 112 valence electrons. The van der Waals surface area contributed by atoms with Gasteiger partial charge in [0, 0.05) is 14.1 Å². The molecule has 12 heteroatoms. The molecule has 20 heavy (non-hydrogen) atoms. The molecule has 0 spiro atoms. The zero-order valence-corrected chi connectivity index (χ0v) is 12.3. The number of hydrogen-bond acceptors (Lipinski definition) is 6. The maximum absolute atomic E-state index is 11.9. The van der Waals surface area contributed by atoms with E-state index in [1.807, 2.05) is 9.44 Å². The van der Waals surface area contributed by atoms with Gasteiger partial charge >= 0.3 is 27.5 Å². The summed E-state index contributed by atoms with van der Waals surface area (Å²) in [5.74, 6) is 0. The van der Waals surface area contributed by atoms with E-state index in [2.05, 4.69) is 0 Å². The normalized spacial score (nSPS) is 12.2. The Hall–Kier alpha value is -1.18. The third-order valence-corrected chi connectivity index (χ3v) is 5.84. The van der Waals surface area contributed by atoms with Gasteiger partial charge in [-0.2, -0.15) is 26.3 Å². The van der Waals surface area contributed by atoms with Crippen molar-refractivity contribution in [3.63, 3.8) is 0 Å². The first-order valence-corrected chi connectivity index (χ1v) is 8.17. The Balaban J connectivity index is 3.52. The summed E-state index contributed by atoms with van der Waals surface area (Å²) in [5.41, 5.74) is -0.315. The molecule has 4 N–H and O–H groups in total. The van der Waals surface area contributed by atoms with Gasteiger partial charge in [-0.25, -0.2) is 0 Å². The Bertz CT molecular complexity index is 641. The van der Waals surface area contributed by atoms with Crippen LogP contribution in [0.15, 0.2) is 24.3 Å². The fraction of sp³-hybridized carbons (Fsp3) is 0.250. The number of nitrogens with zero attached hydrogens (tertiary/aromatic N) is 1. The molecule has 0 radical (unpaired) electrons. The summed E-state index contributed by atoms with van der Waals surface area (Å²) in [7, 11) is -8.46. The maximum Gasteiger partial charge on any atom is 0.488 e. The lowest BCUT2D eigenvalue weighted by Gasteiger charge is -2.22. The lowest BCUT2D eigenvalue weighted by molar-refractivity contribution is 0.425. The predicted molar refractivity (Wildman–Crippen MR) is 74.7 cm³/mol. The molecule has 0 aliphatic rings. The molecule has 0 heterocycles. The van der Waals surface area contributed by atoms with Crippen molar-refractivity contribution < 1.29 is 26.9 Å². The largest absolute Gasteiger partial charge is 0.488 e. The van der Waals surface area contributed by atoms with Gasteiger partial charge in [0.1, 0.15) is 0 Å². The molecule has 0 amide bonds. The van der Waals surface area contributed by atoms with Gasteiger partial charge in [0.15, 0.2) is 0 Å². The van der Waals surface area contributed by atoms with E-state index in [1.165, 1.54) is 18.2 Å². The molecule has 0 unspecified atom stereocenters. The molecular weight excluding hydrogens is 309 g/mol. The van der Waals surface area contributed by atoms with Gasteiger partial charge in [-0.15, -0.1) is 3.71 Å². The van der Waals surface area contributed by atoms with Gasteiger partial charge in [0.25, 0.3) is 0 Å². The highest BCUT2D eigenvalue weighted by atomic mass is 32.3. The number of benzene rings is 1. The Morgan fingerprint density at radius 2 is 1.55 bits per heavy atom. The SMILES string of the molecule is CNS(=O)(=O)N(c1cccc(B(O)O)c1)S(=O)(=O)NC. The van der Waals surface area contributed by atoms with Crippen LogP contribution < -0.4 is 18.6 Å². The van der Waals surface area contributed by atoms with Gasteiger partial charge in [0.05, 0.1) is 5.69 Å². The minimum absolute atomic E-state index is 0.0508.